The Kier molecular flexibility index (Phi) is 2.15. The van der Waals surface area contributed by atoms with E-state index in [2.05, 4.69) is 25.9 Å². The molecule has 1 heterocycles. The van der Waals surface area contributed by atoms with Gasteiger partial charge in [-0.15, -0.1) is 0 Å². The lowest BCUT2D eigenvalue weighted by Gasteiger charge is -2.02. The van der Waals surface area contributed by atoms with E-state index in [0.29, 0.717) is 5.69 Å². The first-order valence-electron chi connectivity index (χ1n) is 4.25. The molecule has 0 unspecified atom stereocenters. The number of rotatable bonds is 0. The average molecular weight is 253 g/mol. The zero-order valence-corrected chi connectivity index (χ0v) is 9.47. The molecule has 0 bridgehead atoms. The number of aryl methyl sites for hydroxylation is 2. The fourth-order valence-corrected chi connectivity index (χ4v) is 1.64. The lowest BCUT2D eigenvalue weighted by Crippen LogP contribution is -2.11. The van der Waals surface area contributed by atoms with E-state index in [-0.39, 0.29) is 5.56 Å². The first-order chi connectivity index (χ1) is 6.58. The molecule has 1 N–H and O–H groups in total. The molecule has 0 saturated carbocycles. The molecule has 14 heavy (non-hydrogen) atoms. The summed E-state index contributed by atoms with van der Waals surface area (Å²) in [7, 11) is 0. The highest BCUT2D eigenvalue weighted by Gasteiger charge is 2.02. The number of halogens is 1. The lowest BCUT2D eigenvalue weighted by molar-refractivity contribution is 1.12. The number of benzene rings is 1. The third-order valence-electron chi connectivity index (χ3n) is 2.14. The van der Waals surface area contributed by atoms with Crippen molar-refractivity contribution >= 4 is 27.0 Å². The topological polar surface area (TPSA) is 45.8 Å². The molecule has 0 saturated heterocycles. The lowest BCUT2D eigenvalue weighted by atomic mass is 10.2. The Morgan fingerprint density at radius 3 is 2.79 bits per heavy atom. The molecule has 0 radical (unpaired) electrons. The van der Waals surface area contributed by atoms with E-state index in [4.69, 9.17) is 0 Å². The van der Waals surface area contributed by atoms with Crippen molar-refractivity contribution in [3.05, 3.63) is 38.2 Å². The Labute approximate surface area is 89.3 Å². The maximum atomic E-state index is 11.3. The highest BCUT2D eigenvalue weighted by molar-refractivity contribution is 9.10. The van der Waals surface area contributed by atoms with Crippen LogP contribution in [0.5, 0.6) is 0 Å². The number of H-pyrrole nitrogens is 1. The summed E-state index contributed by atoms with van der Waals surface area (Å²) < 4.78 is 1.00. The van der Waals surface area contributed by atoms with Crippen LogP contribution in [0.25, 0.3) is 11.0 Å². The van der Waals surface area contributed by atoms with Crippen LogP contribution < -0.4 is 5.56 Å². The molecule has 3 nitrogen and oxygen atoms in total. The Morgan fingerprint density at radius 1 is 1.36 bits per heavy atom. The van der Waals surface area contributed by atoms with Crippen LogP contribution >= 0.6 is 15.9 Å². The van der Waals surface area contributed by atoms with E-state index in [0.717, 1.165) is 21.1 Å². The van der Waals surface area contributed by atoms with E-state index in [1.165, 1.54) is 0 Å². The Hall–Kier alpha value is -1.16. The summed E-state index contributed by atoms with van der Waals surface area (Å²) in [4.78, 5) is 18.3. The van der Waals surface area contributed by atoms with Crippen molar-refractivity contribution in [2.24, 2.45) is 0 Å². The third kappa shape index (κ3) is 1.46. The molecule has 0 aliphatic heterocycles. The molecule has 0 aliphatic carbocycles. The molecular weight excluding hydrogens is 244 g/mol. The summed E-state index contributed by atoms with van der Waals surface area (Å²) in [5, 5.41) is 0. The van der Waals surface area contributed by atoms with E-state index < -0.39 is 0 Å². The van der Waals surface area contributed by atoms with Gasteiger partial charge in [-0.2, -0.15) is 0 Å². The Bertz CT molecular complexity index is 560. The number of nitrogens with zero attached hydrogens (tertiary/aromatic N) is 1. The second kappa shape index (κ2) is 3.20. The molecule has 0 spiro atoms. The third-order valence-corrected chi connectivity index (χ3v) is 3.00. The first kappa shape index (κ1) is 9.40. The van der Waals surface area contributed by atoms with Crippen molar-refractivity contribution in [2.75, 3.05) is 0 Å². The molecule has 1 aromatic carbocycles. The van der Waals surface area contributed by atoms with Gasteiger partial charge in [-0.05, 0) is 31.5 Å². The van der Waals surface area contributed by atoms with Crippen molar-refractivity contribution < 1.29 is 0 Å². The van der Waals surface area contributed by atoms with Gasteiger partial charge in [0.1, 0.15) is 5.69 Å². The number of aromatic amines is 1. The van der Waals surface area contributed by atoms with E-state index in [9.17, 15) is 4.79 Å². The van der Waals surface area contributed by atoms with Crippen molar-refractivity contribution in [2.45, 2.75) is 13.8 Å². The Morgan fingerprint density at radius 2 is 2.07 bits per heavy atom. The van der Waals surface area contributed by atoms with Gasteiger partial charge < -0.3 is 4.98 Å². The van der Waals surface area contributed by atoms with Crippen LogP contribution in [0, 0.1) is 13.8 Å². The minimum Gasteiger partial charge on any atom is -0.319 e. The van der Waals surface area contributed by atoms with Crippen LogP contribution in [0.15, 0.2) is 21.4 Å². The van der Waals surface area contributed by atoms with Crippen LogP contribution in [0.2, 0.25) is 0 Å². The van der Waals surface area contributed by atoms with Crippen LogP contribution in [0.1, 0.15) is 11.3 Å². The summed E-state index contributed by atoms with van der Waals surface area (Å²) in [6.45, 7) is 3.67. The standard InChI is InChI=1S/C10H9BrN2O/c1-5-3-8-9(4-7(5)11)12-6(2)10(14)13-8/h3-4H,1-2H3,(H,13,14). The maximum Gasteiger partial charge on any atom is 0.269 e. The first-order valence-corrected chi connectivity index (χ1v) is 5.04. The highest BCUT2D eigenvalue weighted by atomic mass is 79.9. The normalized spacial score (nSPS) is 10.8. The molecule has 0 amide bonds. The largest absolute Gasteiger partial charge is 0.319 e. The summed E-state index contributed by atoms with van der Waals surface area (Å²) >= 11 is 3.43. The number of fused-ring (bicyclic) bond motifs is 1. The van der Waals surface area contributed by atoms with E-state index in [1.807, 2.05) is 19.1 Å². The van der Waals surface area contributed by atoms with Gasteiger partial charge in [0, 0.05) is 4.47 Å². The fraction of sp³-hybridized carbons (Fsp3) is 0.200. The van der Waals surface area contributed by atoms with Crippen LogP contribution in [-0.4, -0.2) is 9.97 Å². The maximum absolute atomic E-state index is 11.3. The number of aromatic nitrogens is 2. The average Bonchev–Trinajstić information content (AvgIpc) is 2.11. The van der Waals surface area contributed by atoms with Gasteiger partial charge in [-0.1, -0.05) is 15.9 Å². The van der Waals surface area contributed by atoms with Gasteiger partial charge in [-0.3, -0.25) is 4.79 Å². The molecule has 72 valence electrons. The van der Waals surface area contributed by atoms with Crippen molar-refractivity contribution in [3.8, 4) is 0 Å². The number of hydrogen-bond acceptors (Lipinski definition) is 2. The van der Waals surface area contributed by atoms with Crippen LogP contribution in [0.3, 0.4) is 0 Å². The summed E-state index contributed by atoms with van der Waals surface area (Å²) in [5.41, 5.74) is 3.03. The van der Waals surface area contributed by atoms with Gasteiger partial charge in [0.25, 0.3) is 5.56 Å². The number of nitrogens with one attached hydrogen (secondary N) is 1. The molecule has 0 atom stereocenters. The molecule has 2 aromatic rings. The van der Waals surface area contributed by atoms with Gasteiger partial charge in [0.05, 0.1) is 11.0 Å². The molecule has 2 rings (SSSR count). The predicted octanol–water partition coefficient (Wildman–Crippen LogP) is 2.30. The summed E-state index contributed by atoms with van der Waals surface area (Å²) in [5.74, 6) is 0. The van der Waals surface area contributed by atoms with Crippen LogP contribution in [-0.2, 0) is 0 Å². The molecule has 1 aromatic heterocycles. The number of hydrogen-bond donors (Lipinski definition) is 1. The minimum atomic E-state index is -0.126. The molecular formula is C10H9BrN2O. The summed E-state index contributed by atoms with van der Waals surface area (Å²) in [6, 6.07) is 3.82. The second-order valence-corrected chi connectivity index (χ2v) is 4.12. The molecule has 0 fully saturated rings. The van der Waals surface area contributed by atoms with Gasteiger partial charge in [0.15, 0.2) is 0 Å². The zero-order chi connectivity index (χ0) is 10.3. The SMILES string of the molecule is Cc1cc2[nH]c(=O)c(C)nc2cc1Br. The highest BCUT2D eigenvalue weighted by Crippen LogP contribution is 2.20. The van der Waals surface area contributed by atoms with Gasteiger partial charge in [0.2, 0.25) is 0 Å². The predicted molar refractivity (Wildman–Crippen MR) is 59.5 cm³/mol. The van der Waals surface area contributed by atoms with E-state index in [1.54, 1.807) is 6.92 Å². The monoisotopic (exact) mass is 252 g/mol. The second-order valence-electron chi connectivity index (χ2n) is 3.27. The van der Waals surface area contributed by atoms with Gasteiger partial charge in [-0.25, -0.2) is 4.98 Å². The quantitative estimate of drug-likeness (QED) is 0.782. The van der Waals surface area contributed by atoms with E-state index >= 15 is 0 Å². The fourth-order valence-electron chi connectivity index (χ4n) is 1.31. The van der Waals surface area contributed by atoms with Gasteiger partial charge >= 0.3 is 0 Å². The Balaban J connectivity index is 2.90. The summed E-state index contributed by atoms with van der Waals surface area (Å²) in [6.07, 6.45) is 0. The minimum absolute atomic E-state index is 0.126. The van der Waals surface area contributed by atoms with Crippen molar-refractivity contribution in [3.63, 3.8) is 0 Å². The van der Waals surface area contributed by atoms with Crippen molar-refractivity contribution in [1.82, 2.24) is 9.97 Å². The zero-order valence-electron chi connectivity index (χ0n) is 7.89. The molecule has 4 heteroatoms. The van der Waals surface area contributed by atoms with Crippen molar-refractivity contribution in [1.29, 1.82) is 0 Å². The molecule has 0 aliphatic rings. The van der Waals surface area contributed by atoms with Crippen LogP contribution in [0.4, 0.5) is 0 Å². The smallest absolute Gasteiger partial charge is 0.269 e.